The van der Waals surface area contributed by atoms with Crippen molar-refractivity contribution in [1.82, 2.24) is 19.8 Å². The summed E-state index contributed by atoms with van der Waals surface area (Å²) in [5.74, 6) is 0.881. The molecule has 10 heteroatoms. The molecule has 0 aromatic carbocycles. The summed E-state index contributed by atoms with van der Waals surface area (Å²) in [5, 5.41) is 6.86. The Balaban J connectivity index is 1.41. The second kappa shape index (κ2) is 9.05. The van der Waals surface area contributed by atoms with Gasteiger partial charge in [-0.05, 0) is 64.1 Å². The van der Waals surface area contributed by atoms with Gasteiger partial charge < -0.3 is 15.6 Å². The first kappa shape index (κ1) is 21.9. The minimum absolute atomic E-state index is 0.124. The third-order valence-electron chi connectivity index (χ3n) is 5.94. The fraction of sp³-hybridized carbons (Fsp3) is 0.571. The van der Waals surface area contributed by atoms with E-state index < -0.39 is 10.0 Å². The SMILES string of the molecule is C[C@H]1C[C@@H](NC(=O)c2cc(C3CC3)on2)CCN1S(=O)(=O)c1cccnc1CCCN. The number of pyridine rings is 1. The van der Waals surface area contributed by atoms with Gasteiger partial charge in [0.05, 0.1) is 5.69 Å². The van der Waals surface area contributed by atoms with Gasteiger partial charge in [-0.25, -0.2) is 8.42 Å². The van der Waals surface area contributed by atoms with Crippen LogP contribution in [0, 0.1) is 0 Å². The van der Waals surface area contributed by atoms with Gasteiger partial charge in [0.1, 0.15) is 10.7 Å². The standard InChI is InChI=1S/C21H29N5O4S/c1-14-12-16(24-21(27)18-13-19(30-25-18)15-6-7-15)8-11-26(14)31(28,29)20-5-3-10-23-17(20)4-2-9-22/h3,5,10,13-16H,2,4,6-9,11-12,22H2,1H3,(H,24,27)/t14-,16-/m0/s1. The van der Waals surface area contributed by atoms with Crippen molar-refractivity contribution in [2.75, 3.05) is 13.1 Å². The Morgan fingerprint density at radius 2 is 2.16 bits per heavy atom. The molecule has 0 bridgehead atoms. The van der Waals surface area contributed by atoms with Gasteiger partial charge in [-0.3, -0.25) is 9.78 Å². The van der Waals surface area contributed by atoms with Gasteiger partial charge in [-0.15, -0.1) is 0 Å². The van der Waals surface area contributed by atoms with Crippen molar-refractivity contribution < 1.29 is 17.7 Å². The number of aromatic nitrogens is 2. The van der Waals surface area contributed by atoms with E-state index in [1.807, 2.05) is 6.92 Å². The van der Waals surface area contributed by atoms with Crippen LogP contribution in [0.5, 0.6) is 0 Å². The van der Waals surface area contributed by atoms with Gasteiger partial charge in [0, 0.05) is 36.8 Å². The largest absolute Gasteiger partial charge is 0.360 e. The molecule has 3 N–H and O–H groups in total. The van der Waals surface area contributed by atoms with Gasteiger partial charge >= 0.3 is 0 Å². The molecule has 0 spiro atoms. The van der Waals surface area contributed by atoms with Crippen molar-refractivity contribution in [2.45, 2.75) is 68.3 Å². The molecule has 1 aliphatic carbocycles. The highest BCUT2D eigenvalue weighted by Crippen LogP contribution is 2.40. The number of carbonyl (C=O) groups excluding carboxylic acids is 1. The number of aryl methyl sites for hydroxylation is 1. The van der Waals surface area contributed by atoms with E-state index in [0.29, 0.717) is 50.4 Å². The molecule has 2 aromatic heterocycles. The molecule has 31 heavy (non-hydrogen) atoms. The van der Waals surface area contributed by atoms with Crippen LogP contribution in [-0.4, -0.2) is 53.9 Å². The zero-order valence-electron chi connectivity index (χ0n) is 17.7. The summed E-state index contributed by atoms with van der Waals surface area (Å²) in [6.07, 6.45) is 6.00. The number of nitrogens with zero attached hydrogens (tertiary/aromatic N) is 3. The predicted octanol–water partition coefficient (Wildman–Crippen LogP) is 1.81. The van der Waals surface area contributed by atoms with Crippen LogP contribution in [0.2, 0.25) is 0 Å². The van der Waals surface area contributed by atoms with E-state index in [1.54, 1.807) is 24.4 Å². The summed E-state index contributed by atoms with van der Waals surface area (Å²) < 4.78 is 33.5. The molecule has 1 aliphatic heterocycles. The molecule has 1 saturated carbocycles. The number of rotatable bonds is 8. The number of nitrogens with one attached hydrogen (secondary N) is 1. The molecule has 4 rings (SSSR count). The average Bonchev–Trinajstić information content (AvgIpc) is 3.48. The maximum Gasteiger partial charge on any atom is 0.273 e. The number of carbonyl (C=O) groups is 1. The molecule has 2 fully saturated rings. The highest BCUT2D eigenvalue weighted by molar-refractivity contribution is 7.89. The first-order chi connectivity index (χ1) is 14.9. The first-order valence-electron chi connectivity index (χ1n) is 10.8. The molecular weight excluding hydrogens is 418 g/mol. The Morgan fingerprint density at radius 1 is 1.35 bits per heavy atom. The lowest BCUT2D eigenvalue weighted by atomic mass is 10.0. The van der Waals surface area contributed by atoms with Gasteiger partial charge in [-0.2, -0.15) is 4.31 Å². The fourth-order valence-corrected chi connectivity index (χ4v) is 5.96. The van der Waals surface area contributed by atoms with E-state index in [0.717, 1.165) is 18.6 Å². The van der Waals surface area contributed by atoms with Gasteiger partial charge in [0.15, 0.2) is 5.69 Å². The number of hydrogen-bond donors (Lipinski definition) is 2. The highest BCUT2D eigenvalue weighted by Gasteiger charge is 2.36. The molecule has 168 valence electrons. The fourth-order valence-electron chi connectivity index (χ4n) is 4.10. The monoisotopic (exact) mass is 447 g/mol. The first-order valence-corrected chi connectivity index (χ1v) is 12.3. The van der Waals surface area contributed by atoms with Crippen LogP contribution in [0.3, 0.4) is 0 Å². The summed E-state index contributed by atoms with van der Waals surface area (Å²) in [5.41, 5.74) is 6.42. The average molecular weight is 448 g/mol. The van der Waals surface area contributed by atoms with Crippen molar-refractivity contribution in [1.29, 1.82) is 0 Å². The normalized spacial score (nSPS) is 22.4. The smallest absolute Gasteiger partial charge is 0.273 e. The van der Waals surface area contributed by atoms with Crippen LogP contribution in [0.1, 0.15) is 66.9 Å². The van der Waals surface area contributed by atoms with Crippen LogP contribution < -0.4 is 11.1 Å². The Kier molecular flexibility index (Phi) is 6.40. The van der Waals surface area contributed by atoms with Crippen LogP contribution in [0.15, 0.2) is 33.8 Å². The summed E-state index contributed by atoms with van der Waals surface area (Å²) in [6.45, 7) is 2.67. The summed E-state index contributed by atoms with van der Waals surface area (Å²) >= 11 is 0. The maximum absolute atomic E-state index is 13.3. The van der Waals surface area contributed by atoms with Gasteiger partial charge in [0.25, 0.3) is 5.91 Å². The summed E-state index contributed by atoms with van der Waals surface area (Å²) in [7, 11) is -3.69. The van der Waals surface area contributed by atoms with E-state index in [9.17, 15) is 13.2 Å². The number of amides is 1. The highest BCUT2D eigenvalue weighted by atomic mass is 32.2. The molecular formula is C21H29N5O4S. The van der Waals surface area contributed by atoms with Crippen molar-refractivity contribution in [2.24, 2.45) is 5.73 Å². The molecule has 0 radical (unpaired) electrons. The Morgan fingerprint density at radius 3 is 2.87 bits per heavy atom. The summed E-state index contributed by atoms with van der Waals surface area (Å²) in [6, 6.07) is 4.58. The Hall–Kier alpha value is -2.30. The number of sulfonamides is 1. The molecule has 1 amide bonds. The maximum atomic E-state index is 13.3. The van der Waals surface area contributed by atoms with Crippen LogP contribution in [0.25, 0.3) is 0 Å². The minimum Gasteiger partial charge on any atom is -0.360 e. The Labute approximate surface area is 182 Å². The van der Waals surface area contributed by atoms with Crippen LogP contribution in [-0.2, 0) is 16.4 Å². The number of hydrogen-bond acceptors (Lipinski definition) is 7. The third kappa shape index (κ3) is 4.81. The molecule has 2 atom stereocenters. The molecule has 3 heterocycles. The van der Waals surface area contributed by atoms with Crippen LogP contribution in [0.4, 0.5) is 0 Å². The summed E-state index contributed by atoms with van der Waals surface area (Å²) in [4.78, 5) is 17.1. The molecule has 2 aliphatic rings. The lowest BCUT2D eigenvalue weighted by Crippen LogP contribution is -2.51. The lowest BCUT2D eigenvalue weighted by Gasteiger charge is -2.37. The Bertz CT molecular complexity index is 1030. The number of nitrogens with two attached hydrogens (primary N) is 1. The van der Waals surface area contributed by atoms with Gasteiger partial charge in [-0.1, -0.05) is 5.16 Å². The van der Waals surface area contributed by atoms with Gasteiger partial charge in [0.2, 0.25) is 10.0 Å². The van der Waals surface area contributed by atoms with E-state index >= 15 is 0 Å². The van der Waals surface area contributed by atoms with Crippen LogP contribution >= 0.6 is 0 Å². The molecule has 2 aromatic rings. The van der Waals surface area contributed by atoms with Crippen molar-refractivity contribution in [3.05, 3.63) is 41.5 Å². The topological polar surface area (TPSA) is 131 Å². The second-order valence-electron chi connectivity index (χ2n) is 8.39. The van der Waals surface area contributed by atoms with Crippen molar-refractivity contribution in [3.63, 3.8) is 0 Å². The molecule has 9 nitrogen and oxygen atoms in total. The molecule has 0 unspecified atom stereocenters. The van der Waals surface area contributed by atoms with Crippen molar-refractivity contribution >= 4 is 15.9 Å². The minimum atomic E-state index is -3.69. The lowest BCUT2D eigenvalue weighted by molar-refractivity contribution is 0.0905. The van der Waals surface area contributed by atoms with E-state index in [-0.39, 0.29) is 28.6 Å². The van der Waals surface area contributed by atoms with Crippen molar-refractivity contribution in [3.8, 4) is 0 Å². The van der Waals surface area contributed by atoms with E-state index in [1.165, 1.54) is 4.31 Å². The zero-order chi connectivity index (χ0) is 22.0. The third-order valence-corrected chi connectivity index (χ3v) is 8.03. The zero-order valence-corrected chi connectivity index (χ0v) is 18.5. The van der Waals surface area contributed by atoms with E-state index in [4.69, 9.17) is 10.3 Å². The quantitative estimate of drug-likeness (QED) is 0.631. The van der Waals surface area contributed by atoms with E-state index in [2.05, 4.69) is 15.5 Å². The second-order valence-corrected chi connectivity index (χ2v) is 10.2. The predicted molar refractivity (Wildman–Crippen MR) is 114 cm³/mol. The number of piperidine rings is 1. The molecule has 1 saturated heterocycles.